The number of carboxylic acids is 2. The molecule has 2 unspecified atom stereocenters. The zero-order chi connectivity index (χ0) is 19.2. The van der Waals surface area contributed by atoms with E-state index in [0.29, 0.717) is 24.0 Å². The monoisotopic (exact) mass is 352 g/mol. The van der Waals surface area contributed by atoms with E-state index in [1.165, 1.54) is 12.2 Å². The van der Waals surface area contributed by atoms with Crippen molar-refractivity contribution in [3.05, 3.63) is 47.5 Å². The minimum atomic E-state index is -1.35. The Kier molecular flexibility index (Phi) is 5.79. The lowest BCUT2D eigenvalue weighted by atomic mass is 9.62. The highest BCUT2D eigenvalue weighted by Crippen LogP contribution is 2.46. The molecule has 0 bridgehead atoms. The van der Waals surface area contributed by atoms with E-state index in [2.05, 4.69) is 0 Å². The second kappa shape index (κ2) is 7.84. The Labute approximate surface area is 152 Å². The van der Waals surface area contributed by atoms with Crippen molar-refractivity contribution in [2.75, 3.05) is 0 Å². The molecule has 1 aromatic rings. The summed E-state index contributed by atoms with van der Waals surface area (Å²) < 4.78 is 0. The van der Waals surface area contributed by atoms with Gasteiger partial charge < -0.3 is 10.2 Å². The first-order chi connectivity index (χ1) is 12.4. The number of nitriles is 2. The summed E-state index contributed by atoms with van der Waals surface area (Å²) in [6, 6.07) is 10.7. The molecule has 2 rings (SSSR count). The van der Waals surface area contributed by atoms with Gasteiger partial charge in [-0.1, -0.05) is 36.4 Å². The molecule has 1 aliphatic rings. The predicted octanol–water partition coefficient (Wildman–Crippen LogP) is 3.29. The van der Waals surface area contributed by atoms with Gasteiger partial charge in [-0.3, -0.25) is 9.59 Å². The summed E-state index contributed by atoms with van der Waals surface area (Å²) in [6.07, 6.45) is 4.64. The van der Waals surface area contributed by atoms with E-state index in [1.54, 1.807) is 24.3 Å². The van der Waals surface area contributed by atoms with Crippen LogP contribution in [0.15, 0.2) is 36.4 Å². The number of rotatable bonds is 8. The van der Waals surface area contributed by atoms with Crippen LogP contribution in [0.5, 0.6) is 0 Å². The topological polar surface area (TPSA) is 122 Å². The number of benzene rings is 1. The fraction of sp³-hybridized carbons (Fsp3) is 0.400. The van der Waals surface area contributed by atoms with Crippen molar-refractivity contribution in [1.29, 1.82) is 10.5 Å². The quantitative estimate of drug-likeness (QED) is 0.547. The summed E-state index contributed by atoms with van der Waals surface area (Å²) in [7, 11) is 0. The first-order valence-corrected chi connectivity index (χ1v) is 8.45. The highest BCUT2D eigenvalue weighted by atomic mass is 16.4. The normalized spacial score (nSPS) is 23.5. The van der Waals surface area contributed by atoms with E-state index >= 15 is 0 Å². The van der Waals surface area contributed by atoms with Crippen LogP contribution in [0.25, 0.3) is 0 Å². The van der Waals surface area contributed by atoms with Crippen LogP contribution in [0.1, 0.15) is 49.7 Å². The molecule has 1 aromatic carbocycles. The molecule has 6 heteroatoms. The molecule has 26 heavy (non-hydrogen) atoms. The zero-order valence-corrected chi connectivity index (χ0v) is 14.3. The summed E-state index contributed by atoms with van der Waals surface area (Å²) in [5.41, 5.74) is -1.79. The van der Waals surface area contributed by atoms with Crippen molar-refractivity contribution >= 4 is 11.9 Å². The highest BCUT2D eigenvalue weighted by Gasteiger charge is 2.50. The molecule has 0 saturated heterocycles. The molecule has 2 N–H and O–H groups in total. The third kappa shape index (κ3) is 3.19. The molecule has 0 aromatic heterocycles. The number of aliphatic carboxylic acids is 2. The van der Waals surface area contributed by atoms with Gasteiger partial charge >= 0.3 is 11.9 Å². The molecule has 6 nitrogen and oxygen atoms in total. The van der Waals surface area contributed by atoms with Crippen LogP contribution in [-0.2, 0) is 20.4 Å². The molecule has 2 atom stereocenters. The Hall–Kier alpha value is -3.12. The van der Waals surface area contributed by atoms with Crippen LogP contribution in [0, 0.1) is 22.7 Å². The molecule has 0 amide bonds. The number of nitrogens with zero attached hydrogens (tertiary/aromatic N) is 2. The summed E-state index contributed by atoms with van der Waals surface area (Å²) in [5, 5.41) is 37.4. The van der Waals surface area contributed by atoms with Gasteiger partial charge in [0.25, 0.3) is 0 Å². The van der Waals surface area contributed by atoms with Gasteiger partial charge in [-0.2, -0.15) is 10.5 Å². The van der Waals surface area contributed by atoms with Crippen molar-refractivity contribution in [1.82, 2.24) is 0 Å². The van der Waals surface area contributed by atoms with Crippen molar-refractivity contribution < 1.29 is 19.8 Å². The standard InChI is InChI=1S/C20H20N2O4/c21-13-5-3-9-19(17(23)24)11-12-20(18(25)26,10-4-6-14-22)16-8-2-1-7-15(16)19/h1-2,7-8,11-12H,3-6,9-10H2,(H,23,24)(H,25,26). The molecular formula is C20H20N2O4. The highest BCUT2D eigenvalue weighted by molar-refractivity contribution is 5.91. The van der Waals surface area contributed by atoms with Crippen LogP contribution in [0.2, 0.25) is 0 Å². The van der Waals surface area contributed by atoms with Gasteiger partial charge in [0.15, 0.2) is 0 Å². The molecule has 1 aliphatic carbocycles. The Morgan fingerprint density at radius 1 is 0.846 bits per heavy atom. The zero-order valence-electron chi connectivity index (χ0n) is 14.3. The van der Waals surface area contributed by atoms with E-state index in [-0.39, 0.29) is 25.7 Å². The van der Waals surface area contributed by atoms with Crippen LogP contribution in [0.4, 0.5) is 0 Å². The second-order valence-corrected chi connectivity index (χ2v) is 6.46. The Morgan fingerprint density at radius 3 is 1.54 bits per heavy atom. The van der Waals surface area contributed by atoms with Gasteiger partial charge in [-0.25, -0.2) is 0 Å². The van der Waals surface area contributed by atoms with Crippen LogP contribution in [-0.4, -0.2) is 22.2 Å². The minimum Gasteiger partial charge on any atom is -0.480 e. The number of hydrogen-bond acceptors (Lipinski definition) is 4. The maximum absolute atomic E-state index is 12.1. The smallest absolute Gasteiger partial charge is 0.318 e. The number of unbranched alkanes of at least 4 members (excludes halogenated alkanes) is 2. The van der Waals surface area contributed by atoms with Crippen molar-refractivity contribution in [2.24, 2.45) is 0 Å². The van der Waals surface area contributed by atoms with Crippen molar-refractivity contribution in [3.8, 4) is 12.1 Å². The summed E-state index contributed by atoms with van der Waals surface area (Å²) in [5.74, 6) is -2.12. The lowest BCUT2D eigenvalue weighted by Crippen LogP contribution is -2.45. The lowest BCUT2D eigenvalue weighted by molar-refractivity contribution is -0.145. The number of carbonyl (C=O) groups is 2. The third-order valence-electron chi connectivity index (χ3n) is 5.02. The molecule has 0 fully saturated rings. The van der Waals surface area contributed by atoms with Gasteiger partial charge in [0.05, 0.1) is 12.1 Å². The van der Waals surface area contributed by atoms with Crippen molar-refractivity contribution in [3.63, 3.8) is 0 Å². The molecule has 134 valence electrons. The summed E-state index contributed by atoms with van der Waals surface area (Å²) in [6.45, 7) is 0. The van der Waals surface area contributed by atoms with E-state index in [0.717, 1.165) is 0 Å². The average molecular weight is 352 g/mol. The largest absolute Gasteiger partial charge is 0.480 e. The first kappa shape index (κ1) is 19.2. The molecule has 0 spiro atoms. The fourth-order valence-corrected chi connectivity index (χ4v) is 3.64. The summed E-state index contributed by atoms with van der Waals surface area (Å²) in [4.78, 5) is 24.3. The van der Waals surface area contributed by atoms with Crippen LogP contribution < -0.4 is 0 Å². The van der Waals surface area contributed by atoms with E-state index in [1.807, 2.05) is 12.1 Å². The van der Waals surface area contributed by atoms with Gasteiger partial charge in [0.2, 0.25) is 0 Å². The van der Waals surface area contributed by atoms with Crippen LogP contribution in [0.3, 0.4) is 0 Å². The lowest BCUT2D eigenvalue weighted by Gasteiger charge is -2.39. The Balaban J connectivity index is 2.60. The number of carboxylic acid groups (broad SMARTS) is 2. The van der Waals surface area contributed by atoms with Crippen molar-refractivity contribution in [2.45, 2.75) is 49.4 Å². The Bertz CT molecular complexity index is 751. The van der Waals surface area contributed by atoms with E-state index < -0.39 is 22.8 Å². The molecular weight excluding hydrogens is 332 g/mol. The van der Waals surface area contributed by atoms with Crippen LogP contribution >= 0.6 is 0 Å². The first-order valence-electron chi connectivity index (χ1n) is 8.45. The maximum Gasteiger partial charge on any atom is 0.318 e. The minimum absolute atomic E-state index is 0.220. The van der Waals surface area contributed by atoms with Gasteiger partial charge in [0, 0.05) is 12.8 Å². The predicted molar refractivity (Wildman–Crippen MR) is 93.1 cm³/mol. The van der Waals surface area contributed by atoms with Gasteiger partial charge in [0.1, 0.15) is 10.8 Å². The fourth-order valence-electron chi connectivity index (χ4n) is 3.64. The third-order valence-corrected chi connectivity index (χ3v) is 5.02. The Morgan fingerprint density at radius 2 is 1.23 bits per heavy atom. The number of fused-ring (bicyclic) bond motifs is 1. The maximum atomic E-state index is 12.1. The molecule has 0 radical (unpaired) electrons. The summed E-state index contributed by atoms with van der Waals surface area (Å²) >= 11 is 0. The molecule has 0 heterocycles. The average Bonchev–Trinajstić information content (AvgIpc) is 2.63. The number of hydrogen-bond donors (Lipinski definition) is 2. The molecule has 0 aliphatic heterocycles. The molecule has 0 saturated carbocycles. The second-order valence-electron chi connectivity index (χ2n) is 6.46. The van der Waals surface area contributed by atoms with Gasteiger partial charge in [-0.15, -0.1) is 0 Å². The van der Waals surface area contributed by atoms with Gasteiger partial charge in [-0.05, 0) is 36.8 Å². The van der Waals surface area contributed by atoms with E-state index in [9.17, 15) is 19.8 Å². The SMILES string of the molecule is N#CCCCC1(C(=O)O)C=CC(CCCC#N)(C(=O)O)c2ccccc21. The van der Waals surface area contributed by atoms with E-state index in [4.69, 9.17) is 10.5 Å².